The summed E-state index contributed by atoms with van der Waals surface area (Å²) in [5, 5.41) is 3.24. The fraction of sp³-hybridized carbons (Fsp3) is 0.667. The van der Waals surface area contributed by atoms with Crippen LogP contribution in [0.25, 0.3) is 0 Å². The van der Waals surface area contributed by atoms with Crippen molar-refractivity contribution in [1.29, 1.82) is 0 Å². The van der Waals surface area contributed by atoms with Gasteiger partial charge in [0.05, 0.1) is 0 Å². The third-order valence-electron chi connectivity index (χ3n) is 3.21. The second-order valence-electron chi connectivity index (χ2n) is 4.68. The van der Waals surface area contributed by atoms with E-state index in [9.17, 15) is 0 Å². The maximum absolute atomic E-state index is 6.15. The lowest BCUT2D eigenvalue weighted by atomic mass is 10.3. The van der Waals surface area contributed by atoms with Crippen LogP contribution in [0.5, 0.6) is 0 Å². The Morgan fingerprint density at radius 3 is 2.67 bits per heavy atom. The predicted octanol–water partition coefficient (Wildman–Crippen LogP) is 0.633. The molecule has 0 spiro atoms. The van der Waals surface area contributed by atoms with Crippen molar-refractivity contribution in [3.8, 4) is 0 Å². The Bertz CT molecular complexity index is 386. The lowest BCUT2D eigenvalue weighted by Crippen LogP contribution is -2.45. The van der Waals surface area contributed by atoms with E-state index in [-0.39, 0.29) is 0 Å². The molecule has 1 saturated heterocycles. The van der Waals surface area contributed by atoms with Gasteiger partial charge in [-0.15, -0.1) is 0 Å². The highest BCUT2D eigenvalue weighted by Gasteiger charge is 2.19. The molecule has 1 fully saturated rings. The molecule has 0 saturated carbocycles. The van der Waals surface area contributed by atoms with Gasteiger partial charge in [0.2, 0.25) is 0 Å². The summed E-state index contributed by atoms with van der Waals surface area (Å²) in [6.45, 7) is 7.01. The number of nitrogens with one attached hydrogen (secondary N) is 1. The summed E-state index contributed by atoms with van der Waals surface area (Å²) in [4.78, 5) is 13.1. The molecule has 0 radical (unpaired) electrons. The molecule has 6 nitrogen and oxygen atoms in total. The monoisotopic (exact) mass is 250 g/mol. The van der Waals surface area contributed by atoms with Crippen molar-refractivity contribution in [1.82, 2.24) is 14.9 Å². The summed E-state index contributed by atoms with van der Waals surface area (Å²) in [5.41, 5.74) is 6.81. The van der Waals surface area contributed by atoms with Gasteiger partial charge in [-0.1, -0.05) is 6.92 Å². The zero-order chi connectivity index (χ0) is 13.0. The normalized spacial score (nSPS) is 16.9. The van der Waals surface area contributed by atoms with E-state index < -0.39 is 0 Å². The molecule has 2 heterocycles. The lowest BCUT2D eigenvalue weighted by Gasteiger charge is -2.33. The lowest BCUT2D eigenvalue weighted by molar-refractivity contribution is 0.312. The number of nitrogen functional groups attached to an aromatic ring is 1. The highest BCUT2D eigenvalue weighted by molar-refractivity contribution is 5.74. The minimum atomic E-state index is 0.663. The fourth-order valence-electron chi connectivity index (χ4n) is 2.04. The first-order chi connectivity index (χ1) is 8.72. The first kappa shape index (κ1) is 12.9. The van der Waals surface area contributed by atoms with Crippen molar-refractivity contribution in [2.45, 2.75) is 13.3 Å². The third kappa shape index (κ3) is 2.81. The van der Waals surface area contributed by atoms with E-state index in [1.165, 1.54) is 0 Å². The molecule has 0 unspecified atom stereocenters. The summed E-state index contributed by atoms with van der Waals surface area (Å²) >= 11 is 0. The van der Waals surface area contributed by atoms with Gasteiger partial charge in [0.1, 0.15) is 12.0 Å². The molecule has 0 bridgehead atoms. The summed E-state index contributed by atoms with van der Waals surface area (Å²) in [6.07, 6.45) is 2.63. The van der Waals surface area contributed by atoms with E-state index in [1.807, 2.05) is 0 Å². The van der Waals surface area contributed by atoms with Gasteiger partial charge in [0, 0.05) is 32.7 Å². The number of rotatable bonds is 4. The maximum atomic E-state index is 6.15. The summed E-state index contributed by atoms with van der Waals surface area (Å²) in [5.74, 6) is 1.61. The van der Waals surface area contributed by atoms with E-state index in [2.05, 4.69) is 39.1 Å². The van der Waals surface area contributed by atoms with Gasteiger partial charge < -0.3 is 20.9 Å². The third-order valence-corrected chi connectivity index (χ3v) is 3.21. The SMILES string of the molecule is CCCNc1ncnc(N2CCN(C)CC2)c1N. The van der Waals surface area contributed by atoms with Crippen LogP contribution in [0.2, 0.25) is 0 Å². The topological polar surface area (TPSA) is 70.3 Å². The minimum absolute atomic E-state index is 0.663. The molecule has 1 aromatic rings. The van der Waals surface area contributed by atoms with Gasteiger partial charge in [-0.25, -0.2) is 9.97 Å². The van der Waals surface area contributed by atoms with Crippen molar-refractivity contribution < 1.29 is 0 Å². The molecular formula is C12H22N6. The molecule has 6 heteroatoms. The highest BCUT2D eigenvalue weighted by Crippen LogP contribution is 2.26. The molecule has 1 aromatic heterocycles. The zero-order valence-corrected chi connectivity index (χ0v) is 11.2. The molecular weight excluding hydrogens is 228 g/mol. The smallest absolute Gasteiger partial charge is 0.157 e. The Balaban J connectivity index is 2.12. The zero-order valence-electron chi connectivity index (χ0n) is 11.2. The number of hydrogen-bond donors (Lipinski definition) is 2. The first-order valence-electron chi connectivity index (χ1n) is 6.50. The van der Waals surface area contributed by atoms with Crippen molar-refractivity contribution in [2.24, 2.45) is 0 Å². The summed E-state index contributed by atoms with van der Waals surface area (Å²) in [6, 6.07) is 0. The van der Waals surface area contributed by atoms with Gasteiger partial charge in [-0.2, -0.15) is 0 Å². The molecule has 1 aliphatic rings. The van der Waals surface area contributed by atoms with Gasteiger partial charge in [-0.05, 0) is 13.5 Å². The Morgan fingerprint density at radius 2 is 2.00 bits per heavy atom. The van der Waals surface area contributed by atoms with Gasteiger partial charge in [0.25, 0.3) is 0 Å². The van der Waals surface area contributed by atoms with Crippen LogP contribution in [0.4, 0.5) is 17.3 Å². The number of likely N-dealkylation sites (N-methyl/N-ethyl adjacent to an activating group) is 1. The fourth-order valence-corrected chi connectivity index (χ4v) is 2.04. The molecule has 1 aliphatic heterocycles. The molecule has 0 amide bonds. The molecule has 0 atom stereocenters. The van der Waals surface area contributed by atoms with Crippen LogP contribution < -0.4 is 16.0 Å². The van der Waals surface area contributed by atoms with Crippen LogP contribution >= 0.6 is 0 Å². The Morgan fingerprint density at radius 1 is 1.28 bits per heavy atom. The molecule has 18 heavy (non-hydrogen) atoms. The van der Waals surface area contributed by atoms with Crippen molar-refractivity contribution >= 4 is 17.3 Å². The summed E-state index contributed by atoms with van der Waals surface area (Å²) < 4.78 is 0. The van der Waals surface area contributed by atoms with Gasteiger partial charge in [-0.3, -0.25) is 0 Å². The Labute approximate surface area is 108 Å². The Kier molecular flexibility index (Phi) is 4.19. The van der Waals surface area contributed by atoms with E-state index >= 15 is 0 Å². The van der Waals surface area contributed by atoms with Crippen LogP contribution in [-0.2, 0) is 0 Å². The Hall–Kier alpha value is -1.56. The van der Waals surface area contributed by atoms with Crippen LogP contribution in [0, 0.1) is 0 Å². The highest BCUT2D eigenvalue weighted by atomic mass is 15.3. The molecule has 0 aliphatic carbocycles. The van der Waals surface area contributed by atoms with Gasteiger partial charge in [0.15, 0.2) is 11.6 Å². The second-order valence-corrected chi connectivity index (χ2v) is 4.68. The number of hydrogen-bond acceptors (Lipinski definition) is 6. The van der Waals surface area contributed by atoms with Crippen molar-refractivity contribution in [3.05, 3.63) is 6.33 Å². The average molecular weight is 250 g/mol. The van der Waals surface area contributed by atoms with Crippen LogP contribution in [0.1, 0.15) is 13.3 Å². The van der Waals surface area contributed by atoms with E-state index in [1.54, 1.807) is 6.33 Å². The number of nitrogens with zero attached hydrogens (tertiary/aromatic N) is 4. The molecule has 2 rings (SSSR count). The standard InChI is InChI=1S/C12H22N6/c1-3-4-14-11-10(13)12(16-9-15-11)18-7-5-17(2)6-8-18/h9H,3-8,13H2,1-2H3,(H,14,15,16). The number of piperazine rings is 1. The summed E-state index contributed by atoms with van der Waals surface area (Å²) in [7, 11) is 2.13. The molecule has 100 valence electrons. The largest absolute Gasteiger partial charge is 0.393 e. The van der Waals surface area contributed by atoms with Crippen LogP contribution in [0.3, 0.4) is 0 Å². The predicted molar refractivity (Wildman–Crippen MR) is 74.9 cm³/mol. The maximum Gasteiger partial charge on any atom is 0.157 e. The molecule has 0 aromatic carbocycles. The van der Waals surface area contributed by atoms with Crippen LogP contribution in [-0.4, -0.2) is 54.6 Å². The van der Waals surface area contributed by atoms with E-state index in [0.717, 1.165) is 50.8 Å². The van der Waals surface area contributed by atoms with Crippen LogP contribution in [0.15, 0.2) is 6.33 Å². The van der Waals surface area contributed by atoms with Gasteiger partial charge >= 0.3 is 0 Å². The average Bonchev–Trinajstić information content (AvgIpc) is 2.39. The second kappa shape index (κ2) is 5.86. The number of aromatic nitrogens is 2. The first-order valence-corrected chi connectivity index (χ1v) is 6.50. The van der Waals surface area contributed by atoms with E-state index in [4.69, 9.17) is 5.73 Å². The quantitative estimate of drug-likeness (QED) is 0.817. The van der Waals surface area contributed by atoms with Crippen molar-refractivity contribution in [3.63, 3.8) is 0 Å². The minimum Gasteiger partial charge on any atom is -0.393 e. The molecule has 3 N–H and O–H groups in total. The van der Waals surface area contributed by atoms with E-state index in [0.29, 0.717) is 5.69 Å². The number of nitrogens with two attached hydrogens (primary N) is 1. The van der Waals surface area contributed by atoms with Crippen molar-refractivity contribution in [2.75, 3.05) is 55.7 Å². The number of anilines is 3.